The quantitative estimate of drug-likeness (QED) is 0.450. The molecule has 0 aliphatic rings. The van der Waals surface area contributed by atoms with Gasteiger partial charge in [-0.05, 0) is 12.5 Å². The smallest absolute Gasteiger partial charge is 0.354 e. The highest BCUT2D eigenvalue weighted by Crippen LogP contribution is 2.16. The molecule has 0 bridgehead atoms. The van der Waals surface area contributed by atoms with Gasteiger partial charge in [0, 0.05) is 23.5 Å². The number of halogens is 1. The van der Waals surface area contributed by atoms with E-state index in [1.54, 1.807) is 0 Å². The molecule has 1 rings (SSSR count). The Kier molecular flexibility index (Phi) is 6.33. The zero-order chi connectivity index (χ0) is 14.3. The van der Waals surface area contributed by atoms with E-state index in [-0.39, 0.29) is 17.2 Å². The number of hydrogen-bond donors (Lipinski definition) is 1. The molecule has 1 heterocycles. The van der Waals surface area contributed by atoms with Crippen LogP contribution in [0.2, 0.25) is 0 Å². The fraction of sp³-hybridized carbons (Fsp3) is 0.545. The highest BCUT2D eigenvalue weighted by molar-refractivity contribution is 8.13. The third-order valence-electron chi connectivity index (χ3n) is 2.26. The van der Waals surface area contributed by atoms with Gasteiger partial charge in [0.25, 0.3) is 9.05 Å². The van der Waals surface area contributed by atoms with Crippen molar-refractivity contribution in [2.24, 2.45) is 0 Å². The van der Waals surface area contributed by atoms with Crippen LogP contribution in [-0.2, 0) is 18.5 Å². The largest absolute Gasteiger partial charge is 0.459 e. The van der Waals surface area contributed by atoms with Gasteiger partial charge in [0.05, 0.1) is 6.61 Å². The molecular weight excluding hydrogens is 294 g/mol. The Labute approximate surface area is 116 Å². The molecule has 6 nitrogen and oxygen atoms in total. The van der Waals surface area contributed by atoms with E-state index in [0.29, 0.717) is 13.2 Å². The number of H-pyrrole nitrogens is 1. The van der Waals surface area contributed by atoms with Gasteiger partial charge in [-0.25, -0.2) is 13.2 Å². The Morgan fingerprint density at radius 3 is 2.68 bits per heavy atom. The van der Waals surface area contributed by atoms with Gasteiger partial charge in [-0.2, -0.15) is 0 Å². The van der Waals surface area contributed by atoms with Crippen LogP contribution in [-0.4, -0.2) is 39.2 Å². The molecule has 8 heteroatoms. The Morgan fingerprint density at radius 2 is 2.11 bits per heavy atom. The zero-order valence-electron chi connectivity index (χ0n) is 10.5. The third kappa shape index (κ3) is 5.63. The summed E-state index contributed by atoms with van der Waals surface area (Å²) in [5.41, 5.74) is 0.0350. The second-order valence-electron chi connectivity index (χ2n) is 3.79. The van der Waals surface area contributed by atoms with Crippen molar-refractivity contribution in [3.8, 4) is 0 Å². The minimum absolute atomic E-state index is 0.0350. The highest BCUT2D eigenvalue weighted by Gasteiger charge is 2.16. The molecule has 19 heavy (non-hydrogen) atoms. The second-order valence-corrected chi connectivity index (χ2v) is 6.35. The number of unbranched alkanes of at least 4 members (excludes halogenated alkanes) is 1. The first-order valence-electron chi connectivity index (χ1n) is 5.83. The van der Waals surface area contributed by atoms with Gasteiger partial charge in [0.15, 0.2) is 0 Å². The summed E-state index contributed by atoms with van der Waals surface area (Å²) in [4.78, 5) is 13.9. The number of aromatic amines is 1. The lowest BCUT2D eigenvalue weighted by Gasteiger charge is -2.04. The highest BCUT2D eigenvalue weighted by atomic mass is 35.7. The Hall–Kier alpha value is -1.05. The van der Waals surface area contributed by atoms with Crippen molar-refractivity contribution < 1.29 is 22.7 Å². The first kappa shape index (κ1) is 16.0. The van der Waals surface area contributed by atoms with Gasteiger partial charge in [0.2, 0.25) is 0 Å². The number of hydrogen-bond acceptors (Lipinski definition) is 5. The minimum Gasteiger partial charge on any atom is -0.459 e. The lowest BCUT2D eigenvalue weighted by atomic mass is 10.4. The maximum atomic E-state index is 11.5. The van der Waals surface area contributed by atoms with Crippen LogP contribution >= 0.6 is 10.7 Å². The summed E-state index contributed by atoms with van der Waals surface area (Å²) in [5.74, 6) is -0.648. The number of rotatable bonds is 8. The molecule has 1 aromatic rings. The Bertz CT molecular complexity index is 511. The van der Waals surface area contributed by atoms with Crippen molar-refractivity contribution in [3.63, 3.8) is 0 Å². The number of carbonyl (C=O) groups is 1. The van der Waals surface area contributed by atoms with E-state index in [4.69, 9.17) is 20.2 Å². The predicted molar refractivity (Wildman–Crippen MR) is 69.8 cm³/mol. The summed E-state index contributed by atoms with van der Waals surface area (Å²) < 4.78 is 32.1. The summed E-state index contributed by atoms with van der Waals surface area (Å²) in [6.07, 6.45) is 3.14. The molecule has 0 aliphatic carbocycles. The molecule has 0 atom stereocenters. The number of carbonyl (C=O) groups excluding carboxylic acids is 1. The average molecular weight is 310 g/mol. The van der Waals surface area contributed by atoms with Crippen LogP contribution in [0.4, 0.5) is 0 Å². The molecule has 108 valence electrons. The molecular formula is C11H16ClNO5S. The molecule has 0 saturated heterocycles. The van der Waals surface area contributed by atoms with E-state index in [9.17, 15) is 13.2 Å². The third-order valence-corrected chi connectivity index (χ3v) is 3.59. The molecule has 0 spiro atoms. The normalized spacial score (nSPS) is 11.5. The first-order valence-corrected chi connectivity index (χ1v) is 8.14. The Morgan fingerprint density at radius 1 is 1.37 bits per heavy atom. The van der Waals surface area contributed by atoms with Gasteiger partial charge in [0.1, 0.15) is 17.2 Å². The van der Waals surface area contributed by atoms with E-state index in [0.717, 1.165) is 25.1 Å². The van der Waals surface area contributed by atoms with E-state index in [1.807, 2.05) is 0 Å². The van der Waals surface area contributed by atoms with Crippen molar-refractivity contribution in [2.75, 3.05) is 19.8 Å². The number of esters is 1. The average Bonchev–Trinajstić information content (AvgIpc) is 2.82. The van der Waals surface area contributed by atoms with Crippen molar-refractivity contribution in [1.82, 2.24) is 4.98 Å². The standard InChI is InChI=1S/C11H16ClNO5S/c1-2-3-4-17-5-6-18-11(14)10-7-9(8-13-10)19(12,15)16/h7-8,13H,2-6H2,1H3. The molecule has 0 aliphatic heterocycles. The van der Waals surface area contributed by atoms with E-state index < -0.39 is 15.0 Å². The lowest BCUT2D eigenvalue weighted by Crippen LogP contribution is -2.11. The Balaban J connectivity index is 2.36. The van der Waals surface area contributed by atoms with Crippen LogP contribution in [0, 0.1) is 0 Å². The monoisotopic (exact) mass is 309 g/mol. The molecule has 0 aromatic carbocycles. The van der Waals surface area contributed by atoms with Gasteiger partial charge in [-0.3, -0.25) is 0 Å². The van der Waals surface area contributed by atoms with Crippen molar-refractivity contribution in [1.29, 1.82) is 0 Å². The summed E-state index contributed by atoms with van der Waals surface area (Å²) in [6.45, 7) is 3.11. The van der Waals surface area contributed by atoms with Gasteiger partial charge >= 0.3 is 5.97 Å². The predicted octanol–water partition coefficient (Wildman–Crippen LogP) is 1.92. The molecule has 1 N–H and O–H groups in total. The molecule has 0 unspecified atom stereocenters. The summed E-state index contributed by atoms with van der Waals surface area (Å²) in [6, 6.07) is 1.13. The topological polar surface area (TPSA) is 85.5 Å². The lowest BCUT2D eigenvalue weighted by molar-refractivity contribution is 0.0308. The van der Waals surface area contributed by atoms with Crippen LogP contribution in [0.3, 0.4) is 0 Å². The summed E-state index contributed by atoms with van der Waals surface area (Å²) in [7, 11) is 1.29. The second kappa shape index (κ2) is 7.52. The van der Waals surface area contributed by atoms with Crippen LogP contribution in [0.25, 0.3) is 0 Å². The fourth-order valence-corrected chi connectivity index (χ4v) is 1.98. The van der Waals surface area contributed by atoms with Crippen molar-refractivity contribution in [2.45, 2.75) is 24.7 Å². The zero-order valence-corrected chi connectivity index (χ0v) is 12.1. The van der Waals surface area contributed by atoms with E-state index >= 15 is 0 Å². The van der Waals surface area contributed by atoms with Crippen LogP contribution in [0.5, 0.6) is 0 Å². The van der Waals surface area contributed by atoms with Crippen molar-refractivity contribution >= 4 is 25.7 Å². The minimum atomic E-state index is -3.84. The van der Waals surface area contributed by atoms with Crippen LogP contribution in [0.15, 0.2) is 17.2 Å². The van der Waals surface area contributed by atoms with Gasteiger partial charge in [-0.1, -0.05) is 13.3 Å². The molecule has 0 fully saturated rings. The number of ether oxygens (including phenoxy) is 2. The number of nitrogens with one attached hydrogen (secondary N) is 1. The maximum Gasteiger partial charge on any atom is 0.354 e. The SMILES string of the molecule is CCCCOCCOC(=O)c1cc(S(=O)(=O)Cl)c[nH]1. The van der Waals surface area contributed by atoms with Crippen LogP contribution in [0.1, 0.15) is 30.3 Å². The summed E-state index contributed by atoms with van der Waals surface area (Å²) in [5, 5.41) is 0. The van der Waals surface area contributed by atoms with E-state index in [1.165, 1.54) is 0 Å². The summed E-state index contributed by atoms with van der Waals surface area (Å²) >= 11 is 0. The van der Waals surface area contributed by atoms with Gasteiger partial charge in [-0.15, -0.1) is 0 Å². The number of aromatic nitrogens is 1. The first-order chi connectivity index (χ1) is 8.95. The molecule has 1 aromatic heterocycles. The molecule has 0 saturated carbocycles. The van der Waals surface area contributed by atoms with Crippen LogP contribution < -0.4 is 0 Å². The van der Waals surface area contributed by atoms with E-state index in [2.05, 4.69) is 11.9 Å². The molecule has 0 radical (unpaired) electrons. The van der Waals surface area contributed by atoms with Gasteiger partial charge < -0.3 is 14.5 Å². The molecule has 0 amide bonds. The van der Waals surface area contributed by atoms with Crippen molar-refractivity contribution in [3.05, 3.63) is 18.0 Å². The fourth-order valence-electron chi connectivity index (χ4n) is 1.25. The maximum absolute atomic E-state index is 11.5.